The molecule has 4 aromatic rings. The van der Waals surface area contributed by atoms with Gasteiger partial charge in [0.25, 0.3) is 0 Å². The van der Waals surface area contributed by atoms with Gasteiger partial charge in [-0.1, -0.05) is 32.3 Å². The van der Waals surface area contributed by atoms with Crippen molar-refractivity contribution in [2.24, 2.45) is 11.3 Å². The van der Waals surface area contributed by atoms with Gasteiger partial charge in [-0.05, 0) is 110 Å². The zero-order valence-corrected chi connectivity index (χ0v) is 31.1. The van der Waals surface area contributed by atoms with E-state index < -0.39 is 6.04 Å². The number of rotatable bonds is 4. The topological polar surface area (TPSA) is 126 Å². The molecular formula is C38H45BrN8O3. The van der Waals surface area contributed by atoms with E-state index in [-0.39, 0.29) is 41.5 Å². The van der Waals surface area contributed by atoms with Crippen LogP contribution in [0.1, 0.15) is 79.8 Å². The summed E-state index contributed by atoms with van der Waals surface area (Å²) in [5.74, 6) is 0.845. The van der Waals surface area contributed by atoms with Crippen molar-refractivity contribution < 1.29 is 14.4 Å². The van der Waals surface area contributed by atoms with Crippen LogP contribution in [-0.2, 0) is 22.6 Å². The van der Waals surface area contributed by atoms with Gasteiger partial charge in [0.1, 0.15) is 34.5 Å². The van der Waals surface area contributed by atoms with E-state index in [0.717, 1.165) is 84.8 Å². The second-order valence-corrected chi connectivity index (χ2v) is 15.5. The Kier molecular flexibility index (Phi) is 9.36. The number of hydrogen-bond donors (Lipinski definition) is 1. The van der Waals surface area contributed by atoms with E-state index in [9.17, 15) is 14.4 Å². The minimum atomic E-state index is -0.655. The average molecular weight is 742 g/mol. The molecule has 7 rings (SSSR count). The molecule has 11 nitrogen and oxygen atoms in total. The highest BCUT2D eigenvalue weighted by molar-refractivity contribution is 9.10. The Morgan fingerprint density at radius 3 is 2.52 bits per heavy atom. The van der Waals surface area contributed by atoms with Gasteiger partial charge in [0.05, 0.1) is 5.52 Å². The van der Waals surface area contributed by atoms with E-state index in [1.165, 1.54) is 6.92 Å². The van der Waals surface area contributed by atoms with Crippen molar-refractivity contribution in [3.63, 3.8) is 0 Å². The smallest absolute Gasteiger partial charge is 0.248 e. The number of hydrogen-bond acceptors (Lipinski definition) is 8. The maximum Gasteiger partial charge on any atom is 0.248 e. The largest absolute Gasteiger partial charge is 0.325 e. The molecule has 12 heteroatoms. The van der Waals surface area contributed by atoms with Gasteiger partial charge in [0.2, 0.25) is 11.8 Å². The molecule has 3 aromatic heterocycles. The van der Waals surface area contributed by atoms with Gasteiger partial charge >= 0.3 is 0 Å². The molecule has 262 valence electrons. The normalized spacial score (nSPS) is 24.6. The molecule has 1 aliphatic carbocycles. The summed E-state index contributed by atoms with van der Waals surface area (Å²) in [5, 5.41) is 8.58. The van der Waals surface area contributed by atoms with E-state index in [0.29, 0.717) is 28.4 Å². The monoisotopic (exact) mass is 740 g/mol. The second-order valence-electron chi connectivity index (χ2n) is 14.6. The Balaban J connectivity index is 1.30. The molecule has 5 heterocycles. The van der Waals surface area contributed by atoms with Crippen LogP contribution in [0.15, 0.2) is 41.3 Å². The summed E-state index contributed by atoms with van der Waals surface area (Å²) >= 11 is 3.42. The predicted molar refractivity (Wildman–Crippen MR) is 196 cm³/mol. The molecule has 50 heavy (non-hydrogen) atoms. The van der Waals surface area contributed by atoms with Gasteiger partial charge in [0, 0.05) is 48.3 Å². The number of aromatic nitrogens is 5. The first kappa shape index (κ1) is 34.4. The second kappa shape index (κ2) is 13.6. The number of Topliss-reactive ketones (excluding diaryl/α,β-unsaturated/α-hetero) is 1. The van der Waals surface area contributed by atoms with Crippen LogP contribution in [0.25, 0.3) is 22.0 Å². The number of nitrogens with zero attached hydrogens (tertiary/aromatic N) is 7. The zero-order valence-electron chi connectivity index (χ0n) is 29.5. The highest BCUT2D eigenvalue weighted by Gasteiger charge is 2.72. The number of anilines is 1. The molecule has 1 saturated carbocycles. The number of carbonyl (C=O) groups excluding carboxylic acids is 3. The van der Waals surface area contributed by atoms with Crippen LogP contribution in [-0.4, -0.2) is 84.4 Å². The number of amides is 2. The van der Waals surface area contributed by atoms with Crippen molar-refractivity contribution in [2.45, 2.75) is 91.3 Å². The highest BCUT2D eigenvalue weighted by Crippen LogP contribution is 2.64. The quantitative estimate of drug-likeness (QED) is 0.195. The van der Waals surface area contributed by atoms with Crippen LogP contribution >= 0.6 is 15.9 Å². The highest BCUT2D eigenvalue weighted by atomic mass is 79.9. The van der Waals surface area contributed by atoms with Crippen LogP contribution < -0.4 is 5.32 Å². The number of nitrogens with one attached hydrogen (secondary N) is 1. The Bertz CT molecular complexity index is 1980. The van der Waals surface area contributed by atoms with Gasteiger partial charge in [-0.25, -0.2) is 15.0 Å². The molecule has 1 N–H and O–H groups in total. The predicted octanol–water partition coefficient (Wildman–Crippen LogP) is 6.15. The molecule has 0 spiro atoms. The van der Waals surface area contributed by atoms with Gasteiger partial charge in [-0.15, -0.1) is 0 Å². The SMILES string of the molecule is CC(=O)c1nn2c3c(cc(-c4cnc(C)nc4)cc13)CCCCCCCN(C)C[C@@]13C[C@@H](C(=O)Nc4nc(Br)ccc4C)N(C(=O)C2)C1C3C. The fraction of sp³-hybridized carbons (Fsp3) is 0.500. The molecule has 2 unspecified atom stereocenters. The van der Waals surface area contributed by atoms with Gasteiger partial charge in [-0.2, -0.15) is 5.10 Å². The summed E-state index contributed by atoms with van der Waals surface area (Å²) in [6, 6.07) is 7.13. The third-order valence-corrected chi connectivity index (χ3v) is 11.6. The number of piperidine rings is 1. The molecule has 2 bridgehead atoms. The number of halogens is 1. The number of pyridine rings is 1. The van der Waals surface area contributed by atoms with Crippen LogP contribution in [0.4, 0.5) is 5.82 Å². The number of benzene rings is 1. The van der Waals surface area contributed by atoms with E-state index in [1.807, 2.05) is 36.9 Å². The molecular weight excluding hydrogens is 696 g/mol. The fourth-order valence-electron chi connectivity index (χ4n) is 8.53. The standard InChI is InChI=1S/C38H45BrN8O3/c1-22-12-13-31(39)42-36(22)43-37(50)30-17-38-21-45(5)14-10-8-6-7-9-11-26-15-27(28-18-40-25(4)41-19-28)16-29-33(24(3)48)44-46(34(26)29)20-32(49)47(30)35(38)23(38)2/h12-13,15-16,18-19,23,30,35H,6-11,14,17,20-21H2,1-5H3,(H,42,43,50)/t23?,30-,35?,38+/m0/s1. The van der Waals surface area contributed by atoms with Crippen LogP contribution in [0, 0.1) is 25.2 Å². The average Bonchev–Trinajstić information content (AvgIpc) is 3.34. The Labute approximate surface area is 301 Å². The molecule has 0 radical (unpaired) electrons. The first-order valence-corrected chi connectivity index (χ1v) is 18.5. The number of carbonyl (C=O) groups is 3. The Hall–Kier alpha value is -4.03. The van der Waals surface area contributed by atoms with Crippen molar-refractivity contribution in [1.82, 2.24) is 34.5 Å². The lowest BCUT2D eigenvalue weighted by Crippen LogP contribution is -2.47. The molecule has 1 saturated heterocycles. The third kappa shape index (κ3) is 6.36. The van der Waals surface area contributed by atoms with E-state index in [4.69, 9.17) is 5.10 Å². The van der Waals surface area contributed by atoms with Crippen molar-refractivity contribution in [2.75, 3.05) is 25.5 Å². The summed E-state index contributed by atoms with van der Waals surface area (Å²) < 4.78 is 2.34. The van der Waals surface area contributed by atoms with Gasteiger partial charge in [-0.3, -0.25) is 19.1 Å². The van der Waals surface area contributed by atoms with Crippen molar-refractivity contribution in [1.29, 1.82) is 0 Å². The minimum absolute atomic E-state index is 0.0674. The summed E-state index contributed by atoms with van der Waals surface area (Å²) in [4.78, 5) is 59.4. The van der Waals surface area contributed by atoms with Gasteiger partial charge in [0.15, 0.2) is 5.78 Å². The zero-order chi connectivity index (χ0) is 35.3. The summed E-state index contributed by atoms with van der Waals surface area (Å²) in [6.07, 6.45) is 10.4. The van der Waals surface area contributed by atoms with E-state index in [1.54, 1.807) is 17.1 Å². The van der Waals surface area contributed by atoms with Crippen LogP contribution in [0.3, 0.4) is 0 Å². The Morgan fingerprint density at radius 1 is 1.02 bits per heavy atom. The molecule has 1 aromatic carbocycles. The molecule has 4 atom stereocenters. The van der Waals surface area contributed by atoms with E-state index in [2.05, 4.69) is 61.1 Å². The third-order valence-electron chi connectivity index (χ3n) is 11.2. The first-order valence-electron chi connectivity index (χ1n) is 17.7. The first-order chi connectivity index (χ1) is 24.0. The lowest BCUT2D eigenvalue weighted by atomic mass is 9.95. The maximum absolute atomic E-state index is 14.7. The molecule has 2 aliphatic heterocycles. The van der Waals surface area contributed by atoms with Crippen molar-refractivity contribution in [3.8, 4) is 11.1 Å². The van der Waals surface area contributed by atoms with Crippen LogP contribution in [0.2, 0.25) is 0 Å². The summed E-state index contributed by atoms with van der Waals surface area (Å²) in [6.45, 7) is 9.22. The molecule has 2 amide bonds. The van der Waals surface area contributed by atoms with Gasteiger partial charge < -0.3 is 15.1 Å². The lowest BCUT2D eigenvalue weighted by molar-refractivity contribution is -0.138. The number of ketones is 1. The maximum atomic E-state index is 14.7. The summed E-state index contributed by atoms with van der Waals surface area (Å²) in [7, 11) is 2.16. The van der Waals surface area contributed by atoms with E-state index >= 15 is 0 Å². The van der Waals surface area contributed by atoms with Crippen molar-refractivity contribution in [3.05, 3.63) is 63.9 Å². The van der Waals surface area contributed by atoms with Crippen LogP contribution in [0.5, 0.6) is 0 Å². The molecule has 3 aliphatic rings. The molecule has 2 fully saturated rings. The summed E-state index contributed by atoms with van der Waals surface area (Å²) in [5.41, 5.74) is 4.62. The Morgan fingerprint density at radius 2 is 1.76 bits per heavy atom. The lowest BCUT2D eigenvalue weighted by Gasteiger charge is -2.29. The minimum Gasteiger partial charge on any atom is -0.325 e. The van der Waals surface area contributed by atoms with Crippen molar-refractivity contribution >= 4 is 50.2 Å². The number of aryl methyl sites for hydroxylation is 3. The fourth-order valence-corrected chi connectivity index (χ4v) is 8.84.